The number of aryl methyl sites for hydroxylation is 1. The van der Waals surface area contributed by atoms with Gasteiger partial charge in [0, 0.05) is 11.4 Å². The zero-order chi connectivity index (χ0) is 12.4. The molecule has 18 heavy (non-hydrogen) atoms. The minimum absolute atomic E-state index is 0.742. The van der Waals surface area contributed by atoms with Crippen LogP contribution in [0.3, 0.4) is 0 Å². The average Bonchev–Trinajstić information content (AvgIpc) is 2.84. The van der Waals surface area contributed by atoms with E-state index in [4.69, 9.17) is 0 Å². The Hall–Kier alpha value is -1.94. The summed E-state index contributed by atoms with van der Waals surface area (Å²) >= 11 is 1.66. The molecule has 0 unspecified atom stereocenters. The van der Waals surface area contributed by atoms with Gasteiger partial charge in [0.2, 0.25) is 0 Å². The highest BCUT2D eigenvalue weighted by Crippen LogP contribution is 2.22. The molecule has 0 aliphatic rings. The Balaban J connectivity index is 1.76. The third-order valence-corrected chi connectivity index (χ3v) is 3.54. The average molecular weight is 255 g/mol. The van der Waals surface area contributed by atoms with Crippen molar-refractivity contribution in [3.05, 3.63) is 53.3 Å². The molecule has 0 bridgehead atoms. The molecule has 0 saturated heterocycles. The molecule has 2 aromatic heterocycles. The van der Waals surface area contributed by atoms with Crippen molar-refractivity contribution in [2.75, 3.05) is 5.32 Å². The Labute approximate surface area is 110 Å². The van der Waals surface area contributed by atoms with Crippen LogP contribution in [0.2, 0.25) is 0 Å². The van der Waals surface area contributed by atoms with Crippen LogP contribution in [0.25, 0.3) is 10.2 Å². The lowest BCUT2D eigenvalue weighted by Crippen LogP contribution is -2.01. The summed E-state index contributed by atoms with van der Waals surface area (Å²) in [7, 11) is 0. The van der Waals surface area contributed by atoms with Crippen LogP contribution in [0, 0.1) is 6.92 Å². The van der Waals surface area contributed by atoms with Crippen LogP contribution in [0.1, 0.15) is 11.4 Å². The second-order valence-corrected chi connectivity index (χ2v) is 5.05. The molecule has 0 radical (unpaired) electrons. The molecule has 0 spiro atoms. The van der Waals surface area contributed by atoms with Gasteiger partial charge in [-0.25, -0.2) is 4.98 Å². The zero-order valence-electron chi connectivity index (χ0n) is 10.1. The predicted octanol–water partition coefficient (Wildman–Crippen LogP) is 3.61. The first kappa shape index (κ1) is 11.2. The topological polar surface area (TPSA) is 37.8 Å². The smallest absolute Gasteiger partial charge is 0.0813 e. The minimum Gasteiger partial charge on any atom is -0.379 e. The number of thiazole rings is 1. The van der Waals surface area contributed by atoms with Crippen LogP contribution < -0.4 is 5.32 Å². The minimum atomic E-state index is 0.742. The number of benzene rings is 1. The van der Waals surface area contributed by atoms with Gasteiger partial charge < -0.3 is 5.32 Å². The molecule has 2 heterocycles. The summed E-state index contributed by atoms with van der Waals surface area (Å²) < 4.78 is 1.21. The standard InChI is InChI=1S/C14H13N3S/c1-10-3-2-4-12(17-10)8-15-11-5-6-13-14(7-11)18-9-16-13/h2-7,9,15H,8H2,1H3. The van der Waals surface area contributed by atoms with E-state index in [1.54, 1.807) is 11.3 Å². The van der Waals surface area contributed by atoms with Gasteiger partial charge in [-0.1, -0.05) is 6.07 Å². The van der Waals surface area contributed by atoms with E-state index in [1.165, 1.54) is 4.70 Å². The monoisotopic (exact) mass is 255 g/mol. The Bertz CT molecular complexity index is 675. The summed E-state index contributed by atoms with van der Waals surface area (Å²) in [6.45, 7) is 2.75. The highest BCUT2D eigenvalue weighted by molar-refractivity contribution is 7.16. The second kappa shape index (κ2) is 4.74. The number of nitrogens with one attached hydrogen (secondary N) is 1. The highest BCUT2D eigenvalue weighted by Gasteiger charge is 1.99. The van der Waals surface area contributed by atoms with Crippen molar-refractivity contribution in [3.8, 4) is 0 Å². The molecule has 90 valence electrons. The molecule has 0 aliphatic heterocycles. The number of aromatic nitrogens is 2. The molecule has 0 atom stereocenters. The van der Waals surface area contributed by atoms with Gasteiger partial charge in [0.15, 0.2) is 0 Å². The Morgan fingerprint density at radius 2 is 2.17 bits per heavy atom. The SMILES string of the molecule is Cc1cccc(CNc2ccc3ncsc3c2)n1. The molecule has 1 aromatic carbocycles. The molecule has 0 saturated carbocycles. The highest BCUT2D eigenvalue weighted by atomic mass is 32.1. The summed E-state index contributed by atoms with van der Waals surface area (Å²) in [5.41, 5.74) is 6.14. The van der Waals surface area contributed by atoms with E-state index >= 15 is 0 Å². The third-order valence-electron chi connectivity index (χ3n) is 2.75. The van der Waals surface area contributed by atoms with E-state index in [-0.39, 0.29) is 0 Å². The maximum atomic E-state index is 4.47. The Morgan fingerprint density at radius 3 is 3.06 bits per heavy atom. The first-order valence-electron chi connectivity index (χ1n) is 5.81. The number of hydrogen-bond donors (Lipinski definition) is 1. The van der Waals surface area contributed by atoms with Crippen LogP contribution in [0.15, 0.2) is 41.9 Å². The van der Waals surface area contributed by atoms with Crippen molar-refractivity contribution in [2.24, 2.45) is 0 Å². The second-order valence-electron chi connectivity index (χ2n) is 4.16. The zero-order valence-corrected chi connectivity index (χ0v) is 10.9. The molecule has 3 nitrogen and oxygen atoms in total. The summed E-state index contributed by atoms with van der Waals surface area (Å²) in [6, 6.07) is 12.3. The molecular weight excluding hydrogens is 242 g/mol. The van der Waals surface area contributed by atoms with E-state index in [9.17, 15) is 0 Å². The fourth-order valence-electron chi connectivity index (χ4n) is 1.86. The van der Waals surface area contributed by atoms with Gasteiger partial charge in [-0.3, -0.25) is 4.98 Å². The van der Waals surface area contributed by atoms with Gasteiger partial charge in [-0.05, 0) is 37.3 Å². The number of rotatable bonds is 3. The lowest BCUT2D eigenvalue weighted by molar-refractivity contribution is 1.02. The molecule has 3 aromatic rings. The molecular formula is C14H13N3S. The molecule has 0 amide bonds. The van der Waals surface area contributed by atoms with Gasteiger partial charge in [0.1, 0.15) is 0 Å². The quantitative estimate of drug-likeness (QED) is 0.777. The summed E-state index contributed by atoms with van der Waals surface area (Å²) in [4.78, 5) is 8.74. The summed E-state index contributed by atoms with van der Waals surface area (Å²) in [6.07, 6.45) is 0. The Kier molecular flexibility index (Phi) is 2.94. The normalized spacial score (nSPS) is 10.7. The molecule has 1 N–H and O–H groups in total. The van der Waals surface area contributed by atoms with Crippen LogP contribution in [0.4, 0.5) is 5.69 Å². The van der Waals surface area contributed by atoms with Crippen molar-refractivity contribution in [1.29, 1.82) is 0 Å². The van der Waals surface area contributed by atoms with Gasteiger partial charge in [0.05, 0.1) is 28.0 Å². The maximum Gasteiger partial charge on any atom is 0.0813 e. The van der Waals surface area contributed by atoms with Crippen LogP contribution in [-0.2, 0) is 6.54 Å². The number of anilines is 1. The largest absolute Gasteiger partial charge is 0.379 e. The van der Waals surface area contributed by atoms with Gasteiger partial charge in [0.25, 0.3) is 0 Å². The van der Waals surface area contributed by atoms with Gasteiger partial charge >= 0.3 is 0 Å². The van der Waals surface area contributed by atoms with Gasteiger partial charge in [-0.15, -0.1) is 11.3 Å². The number of nitrogens with zero attached hydrogens (tertiary/aromatic N) is 2. The summed E-state index contributed by atoms with van der Waals surface area (Å²) in [5, 5.41) is 3.39. The lowest BCUT2D eigenvalue weighted by Gasteiger charge is -2.06. The van der Waals surface area contributed by atoms with Crippen molar-refractivity contribution in [2.45, 2.75) is 13.5 Å². The van der Waals surface area contributed by atoms with Crippen molar-refractivity contribution < 1.29 is 0 Å². The predicted molar refractivity (Wildman–Crippen MR) is 75.9 cm³/mol. The number of fused-ring (bicyclic) bond motifs is 1. The number of pyridine rings is 1. The fourth-order valence-corrected chi connectivity index (χ4v) is 2.57. The van der Waals surface area contributed by atoms with Crippen LogP contribution in [0.5, 0.6) is 0 Å². The van der Waals surface area contributed by atoms with Crippen molar-refractivity contribution >= 4 is 27.2 Å². The van der Waals surface area contributed by atoms with Crippen LogP contribution >= 0.6 is 11.3 Å². The first-order valence-corrected chi connectivity index (χ1v) is 6.69. The molecule has 3 rings (SSSR count). The van der Waals surface area contributed by atoms with Crippen molar-refractivity contribution in [3.63, 3.8) is 0 Å². The van der Waals surface area contributed by atoms with Crippen molar-refractivity contribution in [1.82, 2.24) is 9.97 Å². The molecule has 0 fully saturated rings. The summed E-state index contributed by atoms with van der Waals surface area (Å²) in [5.74, 6) is 0. The van der Waals surface area contributed by atoms with E-state index in [0.29, 0.717) is 0 Å². The lowest BCUT2D eigenvalue weighted by atomic mass is 10.2. The molecule has 4 heteroatoms. The molecule has 0 aliphatic carbocycles. The van der Waals surface area contributed by atoms with Crippen LogP contribution in [-0.4, -0.2) is 9.97 Å². The Morgan fingerprint density at radius 1 is 1.22 bits per heavy atom. The van der Waals surface area contributed by atoms with E-state index in [1.807, 2.05) is 36.7 Å². The van der Waals surface area contributed by atoms with Gasteiger partial charge in [-0.2, -0.15) is 0 Å². The number of hydrogen-bond acceptors (Lipinski definition) is 4. The first-order chi connectivity index (χ1) is 8.81. The fraction of sp³-hybridized carbons (Fsp3) is 0.143. The third kappa shape index (κ3) is 2.33. The maximum absolute atomic E-state index is 4.47. The van der Waals surface area contributed by atoms with E-state index < -0.39 is 0 Å². The van der Waals surface area contributed by atoms with E-state index in [2.05, 4.69) is 27.4 Å². The van der Waals surface area contributed by atoms with E-state index in [0.717, 1.165) is 29.1 Å².